The van der Waals surface area contributed by atoms with E-state index in [0.29, 0.717) is 43.3 Å². The molecule has 0 heterocycles. The molecule has 6 unspecified atom stereocenters. The number of rotatable bonds is 0. The molecule has 0 aromatic carbocycles. The number of hydrogen-bond donors (Lipinski definition) is 0. The van der Waals surface area contributed by atoms with Gasteiger partial charge in [0.05, 0.1) is 0 Å². The summed E-state index contributed by atoms with van der Waals surface area (Å²) < 4.78 is 0. The van der Waals surface area contributed by atoms with Crippen LogP contribution in [0.1, 0.15) is 83.1 Å². The molecule has 0 aromatic heterocycles. The Kier molecular flexibility index (Phi) is 2.47. The van der Waals surface area contributed by atoms with Gasteiger partial charge in [-0.15, -0.1) is 0 Å². The molecule has 136 valence electrons. The molecular formula is C24H40. The maximum atomic E-state index is 2.67. The minimum absolute atomic E-state index is 0.309. The summed E-state index contributed by atoms with van der Waals surface area (Å²) in [7, 11) is 0. The van der Waals surface area contributed by atoms with Crippen LogP contribution in [-0.4, -0.2) is 0 Å². The first-order chi connectivity index (χ1) is 10.4. The van der Waals surface area contributed by atoms with Crippen LogP contribution in [-0.2, 0) is 0 Å². The van der Waals surface area contributed by atoms with Gasteiger partial charge >= 0.3 is 0 Å². The fraction of sp³-hybridized carbons (Fsp3) is 0.917. The SMILES string of the molecule is CC12C=CC(C)(C3C1C1(C)C(C)(C)C(C)(C)C3(C)C1(C)C)C2(C)C. The van der Waals surface area contributed by atoms with E-state index in [4.69, 9.17) is 0 Å². The Balaban J connectivity index is 2.15. The third kappa shape index (κ3) is 0.979. The van der Waals surface area contributed by atoms with Crippen molar-refractivity contribution in [2.24, 2.45) is 55.2 Å². The van der Waals surface area contributed by atoms with E-state index in [-0.39, 0.29) is 0 Å². The van der Waals surface area contributed by atoms with E-state index < -0.39 is 0 Å². The molecule has 0 aliphatic heterocycles. The third-order valence-corrected chi connectivity index (χ3v) is 13.1. The molecule has 4 bridgehead atoms. The molecule has 4 aliphatic rings. The van der Waals surface area contributed by atoms with Crippen molar-refractivity contribution in [3.05, 3.63) is 12.2 Å². The molecule has 0 spiro atoms. The summed E-state index contributed by atoms with van der Waals surface area (Å²) in [5, 5.41) is 0. The van der Waals surface area contributed by atoms with Gasteiger partial charge in [-0.3, -0.25) is 0 Å². The fourth-order valence-electron chi connectivity index (χ4n) is 9.84. The molecule has 0 N–H and O–H groups in total. The molecule has 24 heavy (non-hydrogen) atoms. The van der Waals surface area contributed by atoms with E-state index in [1.54, 1.807) is 0 Å². The number of allylic oxidation sites excluding steroid dienone is 2. The molecule has 4 rings (SSSR count). The first-order valence-electron chi connectivity index (χ1n) is 10.1. The third-order valence-electron chi connectivity index (χ3n) is 13.1. The van der Waals surface area contributed by atoms with Gasteiger partial charge in [-0.05, 0) is 55.2 Å². The van der Waals surface area contributed by atoms with Gasteiger partial charge in [0.1, 0.15) is 0 Å². The summed E-state index contributed by atoms with van der Waals surface area (Å²) in [6.07, 6.45) is 5.26. The molecular weight excluding hydrogens is 288 g/mol. The van der Waals surface area contributed by atoms with E-state index in [1.165, 1.54) is 0 Å². The minimum Gasteiger partial charge on any atom is -0.0811 e. The van der Waals surface area contributed by atoms with Gasteiger partial charge in [-0.2, -0.15) is 0 Å². The lowest BCUT2D eigenvalue weighted by Gasteiger charge is -2.62. The van der Waals surface area contributed by atoms with Crippen LogP contribution in [0.25, 0.3) is 0 Å². The smallest absolute Gasteiger partial charge is 0.00499 e. The first kappa shape index (κ1) is 17.2. The van der Waals surface area contributed by atoms with Gasteiger partial charge in [0.15, 0.2) is 0 Å². The van der Waals surface area contributed by atoms with E-state index in [1.807, 2.05) is 0 Å². The Bertz CT molecular complexity index is 620. The van der Waals surface area contributed by atoms with E-state index in [0.717, 1.165) is 11.8 Å². The van der Waals surface area contributed by atoms with Gasteiger partial charge in [0.2, 0.25) is 0 Å². The van der Waals surface area contributed by atoms with Crippen molar-refractivity contribution in [3.8, 4) is 0 Å². The van der Waals surface area contributed by atoms with E-state index >= 15 is 0 Å². The summed E-state index contributed by atoms with van der Waals surface area (Å²) in [5.74, 6) is 1.55. The van der Waals surface area contributed by atoms with Gasteiger partial charge in [-0.1, -0.05) is 95.2 Å². The molecule has 0 radical (unpaired) electrons. The minimum atomic E-state index is 0.309. The van der Waals surface area contributed by atoms with Crippen LogP contribution in [0.5, 0.6) is 0 Å². The molecule has 6 atom stereocenters. The summed E-state index contributed by atoms with van der Waals surface area (Å²) in [4.78, 5) is 0. The summed E-state index contributed by atoms with van der Waals surface area (Å²) in [6, 6.07) is 0. The highest BCUT2D eigenvalue weighted by Crippen LogP contribution is 2.96. The topological polar surface area (TPSA) is 0 Å². The Morgan fingerprint density at radius 2 is 0.708 bits per heavy atom. The highest BCUT2D eigenvalue weighted by Gasteiger charge is 2.92. The highest BCUT2D eigenvalue weighted by molar-refractivity contribution is 5.45. The van der Waals surface area contributed by atoms with Gasteiger partial charge in [0, 0.05) is 0 Å². The second-order valence-electron chi connectivity index (χ2n) is 12.8. The predicted molar refractivity (Wildman–Crippen MR) is 104 cm³/mol. The van der Waals surface area contributed by atoms with Crippen molar-refractivity contribution in [3.63, 3.8) is 0 Å². The predicted octanol–water partition coefficient (Wildman–Crippen LogP) is 6.96. The Morgan fingerprint density at radius 1 is 0.417 bits per heavy atom. The second-order valence-corrected chi connectivity index (χ2v) is 12.8. The van der Waals surface area contributed by atoms with Crippen molar-refractivity contribution in [2.45, 2.75) is 83.1 Å². The quantitative estimate of drug-likeness (QED) is 0.333. The van der Waals surface area contributed by atoms with Gasteiger partial charge < -0.3 is 0 Å². The highest BCUT2D eigenvalue weighted by atomic mass is 15.0. The largest absolute Gasteiger partial charge is 0.0811 e. The molecule has 4 aliphatic carbocycles. The van der Waals surface area contributed by atoms with Crippen LogP contribution in [0.2, 0.25) is 0 Å². The standard InChI is InChI=1S/C24H40/c1-17(2)18(3,4)24(12)16-15(23(17,11)20(24,7)8)21(9)13-14-22(16,10)19(21,5)6/h13-16H,1-12H3. The van der Waals surface area contributed by atoms with Crippen LogP contribution in [0.15, 0.2) is 12.2 Å². The summed E-state index contributed by atoms with van der Waals surface area (Å²) in [6.45, 7) is 31.2. The lowest BCUT2D eigenvalue weighted by Crippen LogP contribution is -2.57. The van der Waals surface area contributed by atoms with Crippen molar-refractivity contribution in [1.82, 2.24) is 0 Å². The molecule has 0 saturated heterocycles. The maximum Gasteiger partial charge on any atom is -0.00499 e. The van der Waals surface area contributed by atoms with Crippen molar-refractivity contribution < 1.29 is 0 Å². The van der Waals surface area contributed by atoms with Crippen LogP contribution in [0.3, 0.4) is 0 Å². The molecule has 3 fully saturated rings. The monoisotopic (exact) mass is 328 g/mol. The summed E-state index contributed by atoms with van der Waals surface area (Å²) >= 11 is 0. The summed E-state index contributed by atoms with van der Waals surface area (Å²) in [5.41, 5.74) is 2.64. The molecule has 0 aromatic rings. The van der Waals surface area contributed by atoms with Crippen molar-refractivity contribution in [2.75, 3.05) is 0 Å². The van der Waals surface area contributed by atoms with Crippen molar-refractivity contribution in [1.29, 1.82) is 0 Å². The van der Waals surface area contributed by atoms with Crippen LogP contribution in [0, 0.1) is 55.2 Å². The zero-order valence-corrected chi connectivity index (χ0v) is 18.3. The molecule has 0 heteroatoms. The van der Waals surface area contributed by atoms with Crippen LogP contribution < -0.4 is 0 Å². The zero-order valence-electron chi connectivity index (χ0n) is 18.3. The number of fused-ring (bicyclic) bond motifs is 9. The van der Waals surface area contributed by atoms with Gasteiger partial charge in [0.25, 0.3) is 0 Å². The zero-order chi connectivity index (χ0) is 18.6. The second kappa shape index (κ2) is 3.46. The maximum absolute atomic E-state index is 2.67. The lowest BCUT2D eigenvalue weighted by atomic mass is 9.42. The Morgan fingerprint density at radius 3 is 1.00 bits per heavy atom. The first-order valence-corrected chi connectivity index (χ1v) is 10.1. The van der Waals surface area contributed by atoms with Crippen LogP contribution in [0.4, 0.5) is 0 Å². The lowest BCUT2D eigenvalue weighted by molar-refractivity contribution is -0.138. The molecule has 3 saturated carbocycles. The Labute approximate surface area is 150 Å². The van der Waals surface area contributed by atoms with Crippen molar-refractivity contribution >= 4 is 0 Å². The van der Waals surface area contributed by atoms with Crippen LogP contribution >= 0.6 is 0 Å². The van der Waals surface area contributed by atoms with E-state index in [9.17, 15) is 0 Å². The Hall–Kier alpha value is -0.260. The molecule has 0 amide bonds. The molecule has 0 nitrogen and oxygen atoms in total. The van der Waals surface area contributed by atoms with Gasteiger partial charge in [-0.25, -0.2) is 0 Å². The van der Waals surface area contributed by atoms with E-state index in [2.05, 4.69) is 95.2 Å². The normalized spacial score (nSPS) is 59.8. The average molecular weight is 329 g/mol. The fourth-order valence-corrected chi connectivity index (χ4v) is 9.84. The number of hydrogen-bond acceptors (Lipinski definition) is 0. The average Bonchev–Trinajstić information content (AvgIpc) is 2.79.